The number of nitrogens with zero attached hydrogens (tertiary/aromatic N) is 2. The van der Waals surface area contributed by atoms with Crippen molar-refractivity contribution in [3.8, 4) is 0 Å². The number of aryl methyl sites for hydroxylation is 3. The standard InChI is InChI=1S/C18H20N4O/c1-10-6-4-7-13(17(20)23)15(10)16(19)14-8-5-9-22-12(3)11(2)21-18(14)22/h4-9,16H,19H2,1-3H3,(H2,20,23). The number of rotatable bonds is 3. The van der Waals surface area contributed by atoms with Crippen LogP contribution >= 0.6 is 0 Å². The molecule has 2 heterocycles. The maximum atomic E-state index is 11.8. The number of imidazole rings is 1. The maximum absolute atomic E-state index is 11.8. The Morgan fingerprint density at radius 1 is 1.17 bits per heavy atom. The molecule has 0 spiro atoms. The lowest BCUT2D eigenvalue weighted by molar-refractivity contribution is 0.0999. The molecule has 0 saturated heterocycles. The Balaban J connectivity index is 2.25. The molecule has 0 fully saturated rings. The van der Waals surface area contributed by atoms with Crippen LogP contribution in [0.15, 0.2) is 36.5 Å². The smallest absolute Gasteiger partial charge is 0.249 e. The quantitative estimate of drug-likeness (QED) is 0.779. The fourth-order valence-electron chi connectivity index (χ4n) is 3.03. The zero-order valence-electron chi connectivity index (χ0n) is 13.5. The van der Waals surface area contributed by atoms with Crippen molar-refractivity contribution in [1.29, 1.82) is 0 Å². The van der Waals surface area contributed by atoms with E-state index in [2.05, 4.69) is 4.98 Å². The number of hydrogen-bond acceptors (Lipinski definition) is 3. The summed E-state index contributed by atoms with van der Waals surface area (Å²) in [6.45, 7) is 5.93. The minimum atomic E-state index is -0.471. The van der Waals surface area contributed by atoms with Gasteiger partial charge in [0.1, 0.15) is 5.65 Å². The van der Waals surface area contributed by atoms with Gasteiger partial charge in [-0.25, -0.2) is 4.98 Å². The van der Waals surface area contributed by atoms with Gasteiger partial charge >= 0.3 is 0 Å². The number of benzene rings is 1. The molecule has 118 valence electrons. The molecule has 0 aliphatic carbocycles. The van der Waals surface area contributed by atoms with Gasteiger partial charge in [-0.2, -0.15) is 0 Å². The minimum Gasteiger partial charge on any atom is -0.366 e. The van der Waals surface area contributed by atoms with Crippen molar-refractivity contribution in [1.82, 2.24) is 9.38 Å². The van der Waals surface area contributed by atoms with Gasteiger partial charge in [-0.15, -0.1) is 0 Å². The van der Waals surface area contributed by atoms with E-state index in [1.807, 2.05) is 55.6 Å². The summed E-state index contributed by atoms with van der Waals surface area (Å²) < 4.78 is 2.02. The number of carbonyl (C=O) groups is 1. The number of pyridine rings is 1. The predicted molar refractivity (Wildman–Crippen MR) is 90.4 cm³/mol. The summed E-state index contributed by atoms with van der Waals surface area (Å²) >= 11 is 0. The average molecular weight is 308 g/mol. The van der Waals surface area contributed by atoms with Gasteiger partial charge in [-0.3, -0.25) is 4.79 Å². The van der Waals surface area contributed by atoms with Crippen molar-refractivity contribution in [2.75, 3.05) is 0 Å². The number of nitrogens with two attached hydrogens (primary N) is 2. The molecular weight excluding hydrogens is 288 g/mol. The number of amides is 1. The van der Waals surface area contributed by atoms with Crippen LogP contribution in [0.1, 0.15) is 44.5 Å². The first-order valence-corrected chi connectivity index (χ1v) is 7.51. The van der Waals surface area contributed by atoms with Crippen molar-refractivity contribution in [2.24, 2.45) is 11.5 Å². The highest BCUT2D eigenvalue weighted by atomic mass is 16.1. The SMILES string of the molecule is Cc1cccc(C(N)=O)c1C(N)c1cccn2c(C)c(C)nc12. The van der Waals surface area contributed by atoms with Crippen LogP contribution in [-0.4, -0.2) is 15.3 Å². The van der Waals surface area contributed by atoms with Gasteiger partial charge in [0.25, 0.3) is 0 Å². The zero-order chi connectivity index (χ0) is 16.7. The van der Waals surface area contributed by atoms with Crippen LogP contribution in [0.3, 0.4) is 0 Å². The van der Waals surface area contributed by atoms with Gasteiger partial charge in [0.05, 0.1) is 11.7 Å². The number of primary amides is 1. The topological polar surface area (TPSA) is 86.4 Å². The van der Waals surface area contributed by atoms with E-state index >= 15 is 0 Å². The second-order valence-corrected chi connectivity index (χ2v) is 5.82. The Labute approximate surface area is 134 Å². The van der Waals surface area contributed by atoms with Gasteiger partial charge in [0, 0.05) is 23.0 Å². The van der Waals surface area contributed by atoms with E-state index in [4.69, 9.17) is 11.5 Å². The summed E-state index contributed by atoms with van der Waals surface area (Å²) in [5.41, 5.74) is 17.9. The third-order valence-electron chi connectivity index (χ3n) is 4.39. The highest BCUT2D eigenvalue weighted by Crippen LogP contribution is 2.29. The summed E-state index contributed by atoms with van der Waals surface area (Å²) in [4.78, 5) is 16.4. The molecule has 23 heavy (non-hydrogen) atoms. The number of carbonyl (C=O) groups excluding carboxylic acids is 1. The largest absolute Gasteiger partial charge is 0.366 e. The van der Waals surface area contributed by atoms with Gasteiger partial charge in [-0.05, 0) is 44.0 Å². The predicted octanol–water partition coefficient (Wildman–Crippen LogP) is 2.41. The third-order valence-corrected chi connectivity index (χ3v) is 4.39. The Bertz CT molecular complexity index is 911. The summed E-state index contributed by atoms with van der Waals surface area (Å²) in [5, 5.41) is 0. The Morgan fingerprint density at radius 3 is 2.61 bits per heavy atom. The van der Waals surface area contributed by atoms with E-state index < -0.39 is 11.9 Å². The van der Waals surface area contributed by atoms with Crippen LogP contribution in [0, 0.1) is 20.8 Å². The van der Waals surface area contributed by atoms with Crippen LogP contribution in [-0.2, 0) is 0 Å². The summed E-state index contributed by atoms with van der Waals surface area (Å²) in [6.07, 6.45) is 1.97. The van der Waals surface area contributed by atoms with Crippen LogP contribution in [0.4, 0.5) is 0 Å². The van der Waals surface area contributed by atoms with Gasteiger partial charge < -0.3 is 15.9 Å². The molecule has 0 aliphatic heterocycles. The molecule has 5 heteroatoms. The lowest BCUT2D eigenvalue weighted by atomic mass is 9.91. The summed E-state index contributed by atoms with van der Waals surface area (Å²) in [5.74, 6) is -0.471. The molecule has 1 atom stereocenters. The molecule has 2 aromatic heterocycles. The highest BCUT2D eigenvalue weighted by molar-refractivity contribution is 5.95. The minimum absolute atomic E-state index is 0.458. The molecule has 3 rings (SSSR count). The molecule has 5 nitrogen and oxygen atoms in total. The number of hydrogen-bond donors (Lipinski definition) is 2. The van der Waals surface area contributed by atoms with Crippen molar-refractivity contribution in [2.45, 2.75) is 26.8 Å². The first kappa shape index (κ1) is 15.2. The van der Waals surface area contributed by atoms with Crippen LogP contribution < -0.4 is 11.5 Å². The molecule has 1 unspecified atom stereocenters. The average Bonchev–Trinajstić information content (AvgIpc) is 2.81. The van der Waals surface area contributed by atoms with Crippen LogP contribution in [0.5, 0.6) is 0 Å². The Kier molecular flexibility index (Phi) is 3.66. The van der Waals surface area contributed by atoms with Crippen molar-refractivity contribution < 1.29 is 4.79 Å². The Hall–Kier alpha value is -2.66. The third kappa shape index (κ3) is 2.39. The van der Waals surface area contributed by atoms with Gasteiger partial charge in [0.15, 0.2) is 0 Å². The van der Waals surface area contributed by atoms with E-state index in [1.165, 1.54) is 0 Å². The van der Waals surface area contributed by atoms with E-state index in [0.29, 0.717) is 5.56 Å². The molecule has 4 N–H and O–H groups in total. The molecule has 0 radical (unpaired) electrons. The van der Waals surface area contributed by atoms with Crippen LogP contribution in [0.2, 0.25) is 0 Å². The van der Waals surface area contributed by atoms with E-state index in [1.54, 1.807) is 6.07 Å². The summed E-state index contributed by atoms with van der Waals surface area (Å²) in [6, 6.07) is 8.89. The Morgan fingerprint density at radius 2 is 1.91 bits per heavy atom. The number of aromatic nitrogens is 2. The van der Waals surface area contributed by atoms with E-state index in [-0.39, 0.29) is 0 Å². The van der Waals surface area contributed by atoms with Crippen LogP contribution in [0.25, 0.3) is 5.65 Å². The second kappa shape index (κ2) is 5.52. The van der Waals surface area contributed by atoms with Gasteiger partial charge in [-0.1, -0.05) is 18.2 Å². The first-order valence-electron chi connectivity index (χ1n) is 7.51. The molecule has 0 saturated carbocycles. The molecule has 0 bridgehead atoms. The van der Waals surface area contributed by atoms with Crippen molar-refractivity contribution in [3.63, 3.8) is 0 Å². The fraction of sp³-hybridized carbons (Fsp3) is 0.222. The van der Waals surface area contributed by atoms with E-state index in [9.17, 15) is 4.79 Å². The maximum Gasteiger partial charge on any atom is 0.249 e. The van der Waals surface area contributed by atoms with Gasteiger partial charge in [0.2, 0.25) is 5.91 Å². The molecule has 1 aromatic carbocycles. The normalized spacial score (nSPS) is 12.5. The zero-order valence-corrected chi connectivity index (χ0v) is 13.5. The fourth-order valence-corrected chi connectivity index (χ4v) is 3.03. The van der Waals surface area contributed by atoms with Crippen molar-refractivity contribution >= 4 is 11.6 Å². The van der Waals surface area contributed by atoms with Crippen molar-refractivity contribution in [3.05, 3.63) is 70.2 Å². The monoisotopic (exact) mass is 308 g/mol. The molecule has 0 aliphatic rings. The molecule has 1 amide bonds. The first-order chi connectivity index (χ1) is 10.9. The lowest BCUT2D eigenvalue weighted by Gasteiger charge is -2.18. The lowest BCUT2D eigenvalue weighted by Crippen LogP contribution is -2.21. The highest BCUT2D eigenvalue weighted by Gasteiger charge is 2.21. The summed E-state index contributed by atoms with van der Waals surface area (Å²) in [7, 11) is 0. The molecular formula is C18H20N4O. The van der Waals surface area contributed by atoms with E-state index in [0.717, 1.165) is 33.7 Å². The molecule has 3 aromatic rings. The second-order valence-electron chi connectivity index (χ2n) is 5.82. The number of fused-ring (bicyclic) bond motifs is 1.